The zero-order chi connectivity index (χ0) is 21.0. The summed E-state index contributed by atoms with van der Waals surface area (Å²) in [5.74, 6) is -0.708. The summed E-state index contributed by atoms with van der Waals surface area (Å²) in [5.41, 5.74) is 2.16. The summed E-state index contributed by atoms with van der Waals surface area (Å²) < 4.78 is 18.9. The largest absolute Gasteiger partial charge is 0.381 e. The Morgan fingerprint density at radius 1 is 1.03 bits per heavy atom. The Balaban J connectivity index is 1.88. The Hall–Kier alpha value is -2.73. The van der Waals surface area contributed by atoms with Crippen LogP contribution in [0.15, 0.2) is 42.5 Å². The van der Waals surface area contributed by atoms with Crippen LogP contribution in [0.5, 0.6) is 0 Å². The molecular weight excluding hydrogens is 371 g/mol. The van der Waals surface area contributed by atoms with E-state index in [1.807, 2.05) is 32.9 Å². The summed E-state index contributed by atoms with van der Waals surface area (Å²) in [6.45, 7) is 6.48. The van der Waals surface area contributed by atoms with E-state index in [1.54, 1.807) is 18.2 Å². The van der Waals surface area contributed by atoms with Crippen molar-refractivity contribution >= 4 is 23.2 Å². The average molecular weight is 398 g/mol. The molecule has 0 radical (unpaired) electrons. The van der Waals surface area contributed by atoms with Gasteiger partial charge in [-0.1, -0.05) is 32.0 Å². The molecule has 6 heteroatoms. The highest BCUT2D eigenvalue weighted by atomic mass is 19.1. The Morgan fingerprint density at radius 2 is 1.69 bits per heavy atom. The van der Waals surface area contributed by atoms with Crippen LogP contribution in [-0.2, 0) is 19.7 Å². The average Bonchev–Trinajstić information content (AvgIpc) is 2.71. The first-order valence-electron chi connectivity index (χ1n) is 9.88. The number of carbonyl (C=O) groups is 2. The highest BCUT2D eigenvalue weighted by Crippen LogP contribution is 2.37. The number of halogens is 1. The van der Waals surface area contributed by atoms with Crippen LogP contribution in [0.2, 0.25) is 0 Å². The van der Waals surface area contributed by atoms with Crippen LogP contribution in [0.3, 0.4) is 0 Å². The van der Waals surface area contributed by atoms with E-state index in [2.05, 4.69) is 10.6 Å². The summed E-state index contributed by atoms with van der Waals surface area (Å²) in [7, 11) is 0. The number of benzene rings is 2. The number of ether oxygens (including phenoxy) is 1. The second-order valence-corrected chi connectivity index (χ2v) is 7.83. The predicted octanol–water partition coefficient (Wildman–Crippen LogP) is 4.42. The Morgan fingerprint density at radius 3 is 2.31 bits per heavy atom. The molecule has 0 unspecified atom stereocenters. The number of rotatable bonds is 5. The van der Waals surface area contributed by atoms with Gasteiger partial charge in [0.25, 0.3) is 0 Å². The lowest BCUT2D eigenvalue weighted by atomic mass is 9.73. The molecule has 0 atom stereocenters. The fourth-order valence-corrected chi connectivity index (χ4v) is 3.50. The van der Waals surface area contributed by atoms with Crippen molar-refractivity contribution in [3.8, 4) is 0 Å². The Bertz CT molecular complexity index is 887. The summed E-state index contributed by atoms with van der Waals surface area (Å²) >= 11 is 0. The highest BCUT2D eigenvalue weighted by molar-refractivity contribution is 6.01. The van der Waals surface area contributed by atoms with E-state index in [-0.39, 0.29) is 23.5 Å². The Labute approximate surface area is 170 Å². The van der Waals surface area contributed by atoms with Gasteiger partial charge in [-0.15, -0.1) is 0 Å². The van der Waals surface area contributed by atoms with Gasteiger partial charge in [0.2, 0.25) is 11.8 Å². The molecule has 2 aromatic rings. The molecule has 2 aromatic carbocycles. The van der Waals surface area contributed by atoms with Crippen molar-refractivity contribution in [3.05, 3.63) is 59.4 Å². The third-order valence-corrected chi connectivity index (χ3v) is 5.46. The van der Waals surface area contributed by atoms with Crippen LogP contribution in [0.4, 0.5) is 15.8 Å². The number of nitrogens with one attached hydrogen (secondary N) is 2. The molecule has 0 saturated carbocycles. The molecule has 1 fully saturated rings. The van der Waals surface area contributed by atoms with Crippen molar-refractivity contribution in [2.75, 3.05) is 23.8 Å². The van der Waals surface area contributed by atoms with Gasteiger partial charge in [-0.2, -0.15) is 0 Å². The van der Waals surface area contributed by atoms with Crippen molar-refractivity contribution in [3.63, 3.8) is 0 Å². The first kappa shape index (κ1) is 21.0. The minimum absolute atomic E-state index is 0.0849. The van der Waals surface area contributed by atoms with Crippen LogP contribution in [0.25, 0.3) is 0 Å². The third-order valence-electron chi connectivity index (χ3n) is 5.46. The van der Waals surface area contributed by atoms with E-state index in [4.69, 9.17) is 4.74 Å². The monoisotopic (exact) mass is 398 g/mol. The first-order valence-corrected chi connectivity index (χ1v) is 9.88. The summed E-state index contributed by atoms with van der Waals surface area (Å²) in [6.07, 6.45) is 1.04. The summed E-state index contributed by atoms with van der Waals surface area (Å²) in [6, 6.07) is 11.6. The van der Waals surface area contributed by atoms with Crippen molar-refractivity contribution in [1.29, 1.82) is 0 Å². The topological polar surface area (TPSA) is 67.4 Å². The maximum absolute atomic E-state index is 13.4. The molecule has 0 aliphatic carbocycles. The predicted molar refractivity (Wildman–Crippen MR) is 111 cm³/mol. The minimum atomic E-state index is -0.782. The molecule has 0 aromatic heterocycles. The molecule has 0 bridgehead atoms. The van der Waals surface area contributed by atoms with Gasteiger partial charge in [-0.25, -0.2) is 4.39 Å². The standard InChI is InChI=1S/C23H27FN2O3/c1-15(2)21(27)25-19-9-4-16(3)20(14-19)26-22(28)23(10-12-29-13-11-23)17-5-7-18(24)8-6-17/h4-9,14-15H,10-13H2,1-3H3,(H,25,27)(H,26,28). The number of aryl methyl sites for hydroxylation is 1. The molecule has 154 valence electrons. The van der Waals surface area contributed by atoms with E-state index in [0.717, 1.165) is 11.1 Å². The van der Waals surface area contributed by atoms with Crippen LogP contribution in [-0.4, -0.2) is 25.0 Å². The summed E-state index contributed by atoms with van der Waals surface area (Å²) in [5, 5.41) is 5.89. The van der Waals surface area contributed by atoms with Gasteiger partial charge in [0, 0.05) is 30.5 Å². The molecular formula is C23H27FN2O3. The maximum Gasteiger partial charge on any atom is 0.235 e. The number of carbonyl (C=O) groups excluding carboxylic acids is 2. The van der Waals surface area contributed by atoms with E-state index >= 15 is 0 Å². The number of amides is 2. The minimum Gasteiger partial charge on any atom is -0.381 e. The number of hydrogen-bond donors (Lipinski definition) is 2. The fraction of sp³-hybridized carbons (Fsp3) is 0.391. The van der Waals surface area contributed by atoms with Gasteiger partial charge in [-0.05, 0) is 55.2 Å². The lowest BCUT2D eigenvalue weighted by molar-refractivity contribution is -0.125. The zero-order valence-corrected chi connectivity index (χ0v) is 17.0. The van der Waals surface area contributed by atoms with Crippen LogP contribution in [0, 0.1) is 18.7 Å². The third kappa shape index (κ3) is 4.65. The van der Waals surface area contributed by atoms with Gasteiger partial charge in [0.1, 0.15) is 5.82 Å². The van der Waals surface area contributed by atoms with Gasteiger partial charge in [0.05, 0.1) is 5.41 Å². The molecule has 3 rings (SSSR count). The van der Waals surface area contributed by atoms with Crippen molar-refractivity contribution in [2.24, 2.45) is 5.92 Å². The summed E-state index contributed by atoms with van der Waals surface area (Å²) in [4.78, 5) is 25.4. The van der Waals surface area contributed by atoms with Gasteiger partial charge >= 0.3 is 0 Å². The van der Waals surface area contributed by atoms with Gasteiger partial charge in [-0.3, -0.25) is 9.59 Å². The van der Waals surface area contributed by atoms with Crippen molar-refractivity contribution in [1.82, 2.24) is 0 Å². The molecule has 0 spiro atoms. The lowest BCUT2D eigenvalue weighted by Crippen LogP contribution is -2.45. The van der Waals surface area contributed by atoms with E-state index in [1.165, 1.54) is 12.1 Å². The fourth-order valence-electron chi connectivity index (χ4n) is 3.50. The molecule has 2 N–H and O–H groups in total. The van der Waals surface area contributed by atoms with Gasteiger partial charge < -0.3 is 15.4 Å². The molecule has 2 amide bonds. The number of hydrogen-bond acceptors (Lipinski definition) is 3. The Kier molecular flexibility index (Phi) is 6.33. The SMILES string of the molecule is Cc1ccc(NC(=O)C(C)C)cc1NC(=O)C1(c2ccc(F)cc2)CCOCC1. The number of anilines is 2. The van der Waals surface area contributed by atoms with E-state index in [0.29, 0.717) is 37.4 Å². The highest BCUT2D eigenvalue weighted by Gasteiger charge is 2.41. The smallest absolute Gasteiger partial charge is 0.235 e. The van der Waals surface area contributed by atoms with Crippen molar-refractivity contribution < 1.29 is 18.7 Å². The normalized spacial score (nSPS) is 15.8. The molecule has 1 aliphatic heterocycles. The quantitative estimate of drug-likeness (QED) is 0.784. The zero-order valence-electron chi connectivity index (χ0n) is 17.0. The molecule has 1 aliphatic rings. The van der Waals surface area contributed by atoms with Crippen LogP contribution in [0.1, 0.15) is 37.8 Å². The van der Waals surface area contributed by atoms with E-state index in [9.17, 15) is 14.0 Å². The second kappa shape index (κ2) is 8.74. The molecule has 1 heterocycles. The van der Waals surface area contributed by atoms with E-state index < -0.39 is 5.41 Å². The maximum atomic E-state index is 13.4. The van der Waals surface area contributed by atoms with Crippen LogP contribution >= 0.6 is 0 Å². The molecule has 1 saturated heterocycles. The first-order chi connectivity index (χ1) is 13.8. The van der Waals surface area contributed by atoms with Gasteiger partial charge in [0.15, 0.2) is 0 Å². The van der Waals surface area contributed by atoms with Crippen molar-refractivity contribution in [2.45, 2.75) is 39.0 Å². The van der Waals surface area contributed by atoms with Crippen LogP contribution < -0.4 is 10.6 Å². The molecule has 5 nitrogen and oxygen atoms in total. The second-order valence-electron chi connectivity index (χ2n) is 7.83. The molecule has 29 heavy (non-hydrogen) atoms. The lowest BCUT2D eigenvalue weighted by Gasteiger charge is -2.36.